The monoisotopic (exact) mass is 546 g/mol. The van der Waals surface area contributed by atoms with Crippen LogP contribution in [0, 0.1) is 5.82 Å². The van der Waals surface area contributed by atoms with Gasteiger partial charge in [0, 0.05) is 25.2 Å². The Morgan fingerprint density at radius 1 is 1.03 bits per heavy atom. The summed E-state index contributed by atoms with van der Waals surface area (Å²) in [5.74, 6) is 0.312. The molecule has 1 aliphatic rings. The first-order valence-electron chi connectivity index (χ1n) is 12.2. The molecular formula is C25H31FN6O5S. The van der Waals surface area contributed by atoms with E-state index in [0.29, 0.717) is 43.6 Å². The van der Waals surface area contributed by atoms with Gasteiger partial charge in [-0.05, 0) is 33.0 Å². The Bertz CT molecular complexity index is 1370. The van der Waals surface area contributed by atoms with Gasteiger partial charge in [-0.25, -0.2) is 22.5 Å². The van der Waals surface area contributed by atoms with Crippen molar-refractivity contribution in [3.8, 4) is 11.5 Å². The van der Waals surface area contributed by atoms with E-state index in [2.05, 4.69) is 30.2 Å². The zero-order valence-corrected chi connectivity index (χ0v) is 22.3. The Morgan fingerprint density at radius 3 is 2.45 bits per heavy atom. The molecule has 11 nitrogen and oxygen atoms in total. The number of hydrogen-bond donors (Lipinski definition) is 3. The van der Waals surface area contributed by atoms with Gasteiger partial charge in [0.25, 0.3) is 0 Å². The zero-order chi connectivity index (χ0) is 27.1. The summed E-state index contributed by atoms with van der Waals surface area (Å²) in [4.78, 5) is 10.4. The van der Waals surface area contributed by atoms with Crippen LogP contribution in [0.2, 0.25) is 0 Å². The van der Waals surface area contributed by atoms with E-state index in [9.17, 15) is 12.8 Å². The van der Waals surface area contributed by atoms with Gasteiger partial charge in [-0.2, -0.15) is 4.98 Å². The SMILES string of the molecule is CCOc1cc(N2CCOCC2)c(OCC)cc1Nc1ncc(F)c(Nc2ccccc2S(=O)(=O)NC)n1. The van der Waals surface area contributed by atoms with Crippen LogP contribution in [0.5, 0.6) is 11.5 Å². The third-order valence-electron chi connectivity index (χ3n) is 5.70. The van der Waals surface area contributed by atoms with E-state index < -0.39 is 15.8 Å². The Labute approximate surface area is 221 Å². The Hall–Kier alpha value is -3.68. The van der Waals surface area contributed by atoms with Gasteiger partial charge < -0.3 is 29.7 Å². The number of morpholine rings is 1. The molecule has 2 heterocycles. The fourth-order valence-electron chi connectivity index (χ4n) is 3.92. The molecule has 0 saturated carbocycles. The van der Waals surface area contributed by atoms with Crippen LogP contribution in [0.1, 0.15) is 13.8 Å². The molecule has 1 aromatic heterocycles. The van der Waals surface area contributed by atoms with Gasteiger partial charge in [-0.15, -0.1) is 0 Å². The van der Waals surface area contributed by atoms with Crippen molar-refractivity contribution in [2.75, 3.05) is 62.1 Å². The second-order valence-corrected chi connectivity index (χ2v) is 9.98. The van der Waals surface area contributed by atoms with Crippen molar-refractivity contribution in [2.24, 2.45) is 0 Å². The molecule has 0 unspecified atom stereocenters. The van der Waals surface area contributed by atoms with E-state index in [1.807, 2.05) is 19.9 Å². The summed E-state index contributed by atoms with van der Waals surface area (Å²) in [5, 5.41) is 5.86. The van der Waals surface area contributed by atoms with Gasteiger partial charge in [0.05, 0.1) is 49.7 Å². The van der Waals surface area contributed by atoms with Gasteiger partial charge in [0.1, 0.15) is 16.4 Å². The molecule has 4 rings (SSSR count). The van der Waals surface area contributed by atoms with E-state index >= 15 is 0 Å². The number of aromatic nitrogens is 2. The highest BCUT2D eigenvalue weighted by atomic mass is 32.2. The number of para-hydroxylation sites is 1. The summed E-state index contributed by atoms with van der Waals surface area (Å²) < 4.78 is 59.1. The highest BCUT2D eigenvalue weighted by molar-refractivity contribution is 7.89. The van der Waals surface area contributed by atoms with Crippen molar-refractivity contribution in [1.29, 1.82) is 0 Å². The first-order valence-corrected chi connectivity index (χ1v) is 13.7. The minimum atomic E-state index is -3.79. The fraction of sp³-hybridized carbons (Fsp3) is 0.360. The van der Waals surface area contributed by atoms with Crippen molar-refractivity contribution in [2.45, 2.75) is 18.7 Å². The van der Waals surface area contributed by atoms with E-state index in [0.717, 1.165) is 25.0 Å². The molecule has 13 heteroatoms. The summed E-state index contributed by atoms with van der Waals surface area (Å²) in [7, 11) is -2.49. The summed E-state index contributed by atoms with van der Waals surface area (Å²) in [6.45, 7) is 7.33. The van der Waals surface area contributed by atoms with Gasteiger partial charge >= 0.3 is 0 Å². The number of sulfonamides is 1. The number of benzene rings is 2. The molecule has 0 aliphatic carbocycles. The first-order chi connectivity index (χ1) is 18.4. The number of rotatable bonds is 11. The van der Waals surface area contributed by atoms with Gasteiger partial charge in [0.15, 0.2) is 11.6 Å². The quantitative estimate of drug-likeness (QED) is 0.328. The molecule has 3 N–H and O–H groups in total. The second kappa shape index (κ2) is 12.2. The number of nitrogens with zero attached hydrogens (tertiary/aromatic N) is 3. The largest absolute Gasteiger partial charge is 0.492 e. The summed E-state index contributed by atoms with van der Waals surface area (Å²) >= 11 is 0. The number of anilines is 5. The van der Waals surface area contributed by atoms with Crippen LogP contribution < -0.4 is 29.7 Å². The molecule has 0 amide bonds. The van der Waals surface area contributed by atoms with E-state index in [1.165, 1.54) is 19.2 Å². The van der Waals surface area contributed by atoms with Crippen LogP contribution in [-0.4, -0.2) is 65.0 Å². The standard InChI is InChI=1S/C25H31FN6O5S/c1-4-36-21-15-20(32-10-12-35-13-11-32)22(37-5-2)14-19(21)30-25-28-16-17(26)24(31-25)29-18-8-6-7-9-23(18)38(33,34)27-3/h6-9,14-16,27H,4-5,10-13H2,1-3H3,(H2,28,29,30,31). The predicted molar refractivity (Wildman–Crippen MR) is 143 cm³/mol. The van der Waals surface area contributed by atoms with Crippen molar-refractivity contribution in [3.63, 3.8) is 0 Å². The lowest BCUT2D eigenvalue weighted by Crippen LogP contribution is -2.36. The third-order valence-corrected chi connectivity index (χ3v) is 7.17. The number of nitrogens with one attached hydrogen (secondary N) is 3. The van der Waals surface area contributed by atoms with Crippen molar-refractivity contribution >= 4 is 38.9 Å². The van der Waals surface area contributed by atoms with Crippen LogP contribution in [0.4, 0.5) is 33.2 Å². The highest BCUT2D eigenvalue weighted by Gasteiger charge is 2.21. The molecule has 0 bridgehead atoms. The number of ether oxygens (including phenoxy) is 3. The van der Waals surface area contributed by atoms with E-state index in [-0.39, 0.29) is 22.3 Å². The average molecular weight is 547 g/mol. The zero-order valence-electron chi connectivity index (χ0n) is 21.5. The van der Waals surface area contributed by atoms with Crippen LogP contribution >= 0.6 is 0 Å². The lowest BCUT2D eigenvalue weighted by Gasteiger charge is -2.31. The van der Waals surface area contributed by atoms with Gasteiger partial charge in [-0.3, -0.25) is 0 Å². The third kappa shape index (κ3) is 6.23. The van der Waals surface area contributed by atoms with Gasteiger partial charge in [-0.1, -0.05) is 12.1 Å². The summed E-state index contributed by atoms with van der Waals surface area (Å²) in [6.07, 6.45) is 0.999. The topological polar surface area (TPSA) is 127 Å². The Balaban J connectivity index is 1.68. The maximum Gasteiger partial charge on any atom is 0.242 e. The Kier molecular flexibility index (Phi) is 8.81. The molecule has 204 valence electrons. The van der Waals surface area contributed by atoms with Crippen molar-refractivity contribution in [3.05, 3.63) is 48.4 Å². The predicted octanol–water partition coefficient (Wildman–Crippen LogP) is 3.65. The molecule has 1 fully saturated rings. The smallest absolute Gasteiger partial charge is 0.242 e. The first kappa shape index (κ1) is 27.4. The van der Waals surface area contributed by atoms with Crippen molar-refractivity contribution < 1.29 is 27.0 Å². The molecule has 3 aromatic rings. The maximum absolute atomic E-state index is 14.7. The summed E-state index contributed by atoms with van der Waals surface area (Å²) in [6, 6.07) is 9.83. The molecule has 38 heavy (non-hydrogen) atoms. The van der Waals surface area contributed by atoms with Crippen LogP contribution in [0.25, 0.3) is 0 Å². The molecule has 0 atom stereocenters. The van der Waals surface area contributed by atoms with E-state index in [1.54, 1.807) is 18.2 Å². The van der Waals surface area contributed by atoms with E-state index in [4.69, 9.17) is 14.2 Å². The molecule has 1 aliphatic heterocycles. The Morgan fingerprint density at radius 2 is 1.74 bits per heavy atom. The lowest BCUT2D eigenvalue weighted by atomic mass is 10.2. The van der Waals surface area contributed by atoms with Crippen LogP contribution in [0.15, 0.2) is 47.5 Å². The minimum absolute atomic E-state index is 0.0475. The molecule has 2 aromatic carbocycles. The van der Waals surface area contributed by atoms with Crippen molar-refractivity contribution in [1.82, 2.24) is 14.7 Å². The molecule has 0 spiro atoms. The number of hydrogen-bond acceptors (Lipinski definition) is 10. The molecular weight excluding hydrogens is 515 g/mol. The minimum Gasteiger partial charge on any atom is -0.492 e. The number of halogens is 1. The molecule has 0 radical (unpaired) electrons. The summed E-state index contributed by atoms with van der Waals surface area (Å²) in [5.41, 5.74) is 1.57. The van der Waals surface area contributed by atoms with Crippen LogP contribution in [0.3, 0.4) is 0 Å². The lowest BCUT2D eigenvalue weighted by molar-refractivity contribution is 0.122. The normalized spacial score (nSPS) is 13.7. The highest BCUT2D eigenvalue weighted by Crippen LogP contribution is 2.40. The molecule has 1 saturated heterocycles. The fourth-order valence-corrected chi connectivity index (χ4v) is 4.81. The maximum atomic E-state index is 14.7. The van der Waals surface area contributed by atoms with Crippen LogP contribution in [-0.2, 0) is 14.8 Å². The average Bonchev–Trinajstić information content (AvgIpc) is 2.93. The van der Waals surface area contributed by atoms with Gasteiger partial charge in [0.2, 0.25) is 16.0 Å². The second-order valence-electron chi connectivity index (χ2n) is 8.13.